The molecule has 1 saturated heterocycles. The molecule has 40 heavy (non-hydrogen) atoms. The van der Waals surface area contributed by atoms with Gasteiger partial charge in [-0.05, 0) is 49.1 Å². The van der Waals surface area contributed by atoms with E-state index in [4.69, 9.17) is 9.47 Å². The van der Waals surface area contributed by atoms with Crippen molar-refractivity contribution in [2.45, 2.75) is 32.4 Å². The number of halogens is 1. The van der Waals surface area contributed by atoms with Crippen molar-refractivity contribution in [3.05, 3.63) is 82.0 Å². The van der Waals surface area contributed by atoms with E-state index in [0.29, 0.717) is 48.9 Å². The van der Waals surface area contributed by atoms with Crippen molar-refractivity contribution in [1.29, 1.82) is 0 Å². The molecule has 11 heteroatoms. The summed E-state index contributed by atoms with van der Waals surface area (Å²) in [5, 5.41) is 4.37. The number of carbonyl (C=O) groups excluding carboxylic acids is 1. The molecule has 5 rings (SSSR count). The van der Waals surface area contributed by atoms with Crippen LogP contribution in [0.3, 0.4) is 0 Å². The highest BCUT2D eigenvalue weighted by atomic mass is 32.2. The highest BCUT2D eigenvalue weighted by Gasteiger charge is 2.45. The number of hydrogen-bond acceptors (Lipinski definition) is 7. The summed E-state index contributed by atoms with van der Waals surface area (Å²) in [7, 11) is -1.17. The smallest absolute Gasteiger partial charge is 0.316 e. The molecule has 212 valence electrons. The van der Waals surface area contributed by atoms with E-state index < -0.39 is 22.4 Å². The van der Waals surface area contributed by atoms with Gasteiger partial charge in [0.25, 0.3) is 0 Å². The van der Waals surface area contributed by atoms with Crippen LogP contribution in [0.5, 0.6) is 5.75 Å². The minimum Gasteiger partial charge on any atom is -0.485 e. The molecular weight excluding hydrogens is 535 g/mol. The third-order valence-electron chi connectivity index (χ3n) is 7.25. The molecular formula is C29H33FN4O5S. The Morgan fingerprint density at radius 1 is 1.07 bits per heavy atom. The average molecular weight is 569 g/mol. The molecule has 1 aliphatic heterocycles. The summed E-state index contributed by atoms with van der Waals surface area (Å²) in [5.41, 5.74) is 1.69. The topological polar surface area (TPSA) is 94.0 Å². The normalized spacial score (nSPS) is 17.3. The summed E-state index contributed by atoms with van der Waals surface area (Å²) in [6, 6.07) is 14.1. The van der Waals surface area contributed by atoms with Crippen LogP contribution in [0.1, 0.15) is 30.9 Å². The van der Waals surface area contributed by atoms with Crippen LogP contribution < -0.4 is 15.2 Å². The zero-order valence-electron chi connectivity index (χ0n) is 22.7. The summed E-state index contributed by atoms with van der Waals surface area (Å²) < 4.78 is 41.6. The van der Waals surface area contributed by atoms with Crippen LogP contribution in [0.15, 0.2) is 59.5 Å². The highest BCUT2D eigenvalue weighted by Crippen LogP contribution is 2.46. The van der Waals surface area contributed by atoms with Gasteiger partial charge in [-0.3, -0.25) is 9.59 Å². The van der Waals surface area contributed by atoms with Crippen molar-refractivity contribution in [2.24, 2.45) is 5.41 Å². The number of aryl methyl sites for hydroxylation is 1. The molecule has 1 aliphatic carbocycles. The van der Waals surface area contributed by atoms with Crippen LogP contribution in [0.4, 0.5) is 10.1 Å². The van der Waals surface area contributed by atoms with E-state index in [0.717, 1.165) is 23.1 Å². The quantitative estimate of drug-likeness (QED) is 0.346. The Kier molecular flexibility index (Phi) is 8.32. The van der Waals surface area contributed by atoms with Gasteiger partial charge in [0.1, 0.15) is 18.1 Å². The van der Waals surface area contributed by atoms with E-state index in [2.05, 4.69) is 5.10 Å². The van der Waals surface area contributed by atoms with Crippen molar-refractivity contribution in [1.82, 2.24) is 14.1 Å². The van der Waals surface area contributed by atoms with Crippen LogP contribution in [0.2, 0.25) is 0 Å². The van der Waals surface area contributed by atoms with E-state index in [1.54, 1.807) is 19.2 Å². The maximum atomic E-state index is 14.2. The fraction of sp³-hybridized carbons (Fsp3) is 0.414. The number of hydrogen-bond donors (Lipinski definition) is 0. The Hall–Kier alpha value is -3.57. The molecule has 0 radical (unpaired) electrons. The zero-order valence-corrected chi connectivity index (χ0v) is 23.5. The van der Waals surface area contributed by atoms with Gasteiger partial charge in [-0.15, -0.1) is 0 Å². The molecule has 2 aromatic carbocycles. The van der Waals surface area contributed by atoms with Crippen molar-refractivity contribution in [3.63, 3.8) is 0 Å². The van der Waals surface area contributed by atoms with Gasteiger partial charge in [0.2, 0.25) is 5.75 Å². The standard InChI is InChI=1S/C29H33FN4O5S/c1-21-14-24(30)16-25(15-21)34-28(36)27(39-20-29(8-9-29)19-38-22(2)35)26(17-31-34)32-10-12-33(13-11-32)40(37)18-23-6-4-3-5-7-23/h3-7,14-17H,8-13,18-20H2,1-2H3. The third kappa shape index (κ3) is 6.59. The number of aromatic nitrogens is 2. The van der Waals surface area contributed by atoms with Crippen LogP contribution in [-0.4, -0.2) is 63.7 Å². The van der Waals surface area contributed by atoms with Crippen molar-refractivity contribution in [2.75, 3.05) is 44.3 Å². The largest absolute Gasteiger partial charge is 0.485 e. The molecule has 2 heterocycles. The predicted molar refractivity (Wildman–Crippen MR) is 150 cm³/mol. The summed E-state index contributed by atoms with van der Waals surface area (Å²) in [5.74, 6) is -0.259. The molecule has 0 spiro atoms. The van der Waals surface area contributed by atoms with Crippen molar-refractivity contribution < 1.29 is 22.9 Å². The van der Waals surface area contributed by atoms with Crippen molar-refractivity contribution in [3.8, 4) is 11.4 Å². The SMILES string of the molecule is CC(=O)OCC1(COc2c(N3CCN(S(=O)Cc4ccccc4)CC3)cnn(-c3cc(C)cc(F)c3)c2=O)CC1. The van der Waals surface area contributed by atoms with Crippen LogP contribution in [0.25, 0.3) is 5.69 Å². The van der Waals surface area contributed by atoms with E-state index >= 15 is 0 Å². The van der Waals surface area contributed by atoms with Gasteiger partial charge >= 0.3 is 11.5 Å². The second kappa shape index (κ2) is 11.9. The number of nitrogens with zero attached hydrogens (tertiary/aromatic N) is 4. The van der Waals surface area contributed by atoms with Crippen LogP contribution in [0, 0.1) is 18.2 Å². The Morgan fingerprint density at radius 2 is 1.80 bits per heavy atom. The number of benzene rings is 2. The number of piperazine rings is 1. The summed E-state index contributed by atoms with van der Waals surface area (Å²) in [6.45, 7) is 5.69. The lowest BCUT2D eigenvalue weighted by Gasteiger charge is -2.35. The lowest BCUT2D eigenvalue weighted by molar-refractivity contribution is -0.143. The Bertz CT molecular complexity index is 1430. The first-order valence-electron chi connectivity index (χ1n) is 13.3. The molecule has 1 saturated carbocycles. The number of anilines is 1. The van der Waals surface area contributed by atoms with Crippen LogP contribution in [-0.2, 0) is 26.3 Å². The second-order valence-corrected chi connectivity index (χ2v) is 11.9. The lowest BCUT2D eigenvalue weighted by atomic mass is 10.1. The molecule has 0 amide bonds. The van der Waals surface area contributed by atoms with E-state index in [1.165, 1.54) is 19.1 Å². The van der Waals surface area contributed by atoms with Gasteiger partial charge in [0.15, 0.2) is 0 Å². The van der Waals surface area contributed by atoms with Gasteiger partial charge in [-0.25, -0.2) is 12.9 Å². The zero-order chi connectivity index (χ0) is 28.3. The van der Waals surface area contributed by atoms with Gasteiger partial charge in [0.05, 0.1) is 35.2 Å². The summed E-state index contributed by atoms with van der Waals surface area (Å²) in [4.78, 5) is 27.1. The molecule has 0 bridgehead atoms. The number of rotatable bonds is 10. The molecule has 2 fully saturated rings. The van der Waals surface area contributed by atoms with E-state index in [-0.39, 0.29) is 30.3 Å². The first kappa shape index (κ1) is 28.0. The molecule has 1 atom stereocenters. The van der Waals surface area contributed by atoms with Crippen LogP contribution >= 0.6 is 0 Å². The summed E-state index contributed by atoms with van der Waals surface area (Å²) >= 11 is 0. The second-order valence-electron chi connectivity index (χ2n) is 10.5. The van der Waals surface area contributed by atoms with E-state index in [1.807, 2.05) is 39.5 Å². The van der Waals surface area contributed by atoms with Gasteiger partial charge in [-0.2, -0.15) is 9.78 Å². The fourth-order valence-corrected chi connectivity index (χ4v) is 5.97. The Morgan fingerprint density at radius 3 is 2.45 bits per heavy atom. The maximum absolute atomic E-state index is 14.2. The highest BCUT2D eigenvalue weighted by molar-refractivity contribution is 7.81. The van der Waals surface area contributed by atoms with Crippen molar-refractivity contribution >= 4 is 22.6 Å². The number of carbonyl (C=O) groups is 1. The Balaban J connectivity index is 1.37. The number of esters is 1. The maximum Gasteiger partial charge on any atom is 0.316 e. The molecule has 1 unspecified atom stereocenters. The molecule has 1 aromatic heterocycles. The minimum absolute atomic E-state index is 0.116. The average Bonchev–Trinajstić information content (AvgIpc) is 3.71. The first-order valence-corrected chi connectivity index (χ1v) is 14.6. The summed E-state index contributed by atoms with van der Waals surface area (Å²) in [6.07, 6.45) is 3.22. The van der Waals surface area contributed by atoms with Gasteiger partial charge in [0, 0.05) is 38.5 Å². The molecule has 3 aromatic rings. The predicted octanol–water partition coefficient (Wildman–Crippen LogP) is 3.39. The van der Waals surface area contributed by atoms with Gasteiger partial charge in [-0.1, -0.05) is 30.3 Å². The molecule has 0 N–H and O–H groups in total. The fourth-order valence-electron chi connectivity index (χ4n) is 4.74. The molecule has 2 aliphatic rings. The first-order chi connectivity index (χ1) is 19.2. The number of ether oxygens (including phenoxy) is 2. The van der Waals surface area contributed by atoms with Gasteiger partial charge < -0.3 is 14.4 Å². The minimum atomic E-state index is -1.17. The monoisotopic (exact) mass is 568 g/mol. The molecule has 9 nitrogen and oxygen atoms in total. The van der Waals surface area contributed by atoms with E-state index in [9.17, 15) is 18.2 Å². The lowest BCUT2D eigenvalue weighted by Crippen LogP contribution is -2.47. The Labute approximate surface area is 235 Å². The third-order valence-corrected chi connectivity index (χ3v) is 8.77.